The first-order valence-corrected chi connectivity index (χ1v) is 7.29. The van der Waals surface area contributed by atoms with E-state index < -0.39 is 23.2 Å². The Labute approximate surface area is 133 Å². The van der Waals surface area contributed by atoms with Gasteiger partial charge in [-0.05, 0) is 33.3 Å². The molecular formula is C15H21N3O5. The van der Waals surface area contributed by atoms with Crippen LogP contribution >= 0.6 is 0 Å². The lowest BCUT2D eigenvalue weighted by atomic mass is 9.86. The molecule has 8 heteroatoms. The van der Waals surface area contributed by atoms with Crippen LogP contribution in [-0.4, -0.2) is 50.5 Å². The molecule has 0 bridgehead atoms. The molecule has 0 atom stereocenters. The van der Waals surface area contributed by atoms with Crippen molar-refractivity contribution in [2.75, 3.05) is 13.1 Å². The Morgan fingerprint density at radius 1 is 1.39 bits per heavy atom. The summed E-state index contributed by atoms with van der Waals surface area (Å²) in [6.07, 6.45) is 0.683. The van der Waals surface area contributed by atoms with Gasteiger partial charge in [-0.25, -0.2) is 9.48 Å². The lowest BCUT2D eigenvalue weighted by Crippen LogP contribution is -2.67. The minimum atomic E-state index is -1.05. The number of hydrogen-bond donors (Lipinski definition) is 1. The largest absolute Gasteiger partial charge is 0.481 e. The van der Waals surface area contributed by atoms with Crippen molar-refractivity contribution in [2.45, 2.75) is 45.3 Å². The molecule has 2 heterocycles. The van der Waals surface area contributed by atoms with Gasteiger partial charge in [0.1, 0.15) is 11.1 Å². The first-order chi connectivity index (χ1) is 10.5. The maximum Gasteiger partial charge on any atom is 0.410 e. The van der Waals surface area contributed by atoms with Gasteiger partial charge in [0.15, 0.2) is 0 Å². The van der Waals surface area contributed by atoms with Crippen LogP contribution in [0, 0.1) is 6.92 Å². The van der Waals surface area contributed by atoms with Gasteiger partial charge in [-0.1, -0.05) is 0 Å². The summed E-state index contributed by atoms with van der Waals surface area (Å²) in [4.78, 5) is 36.7. The van der Waals surface area contributed by atoms with E-state index in [1.165, 1.54) is 17.2 Å². The van der Waals surface area contributed by atoms with Crippen LogP contribution in [0.5, 0.6) is 0 Å². The fourth-order valence-corrected chi connectivity index (χ4v) is 2.58. The van der Waals surface area contributed by atoms with Crippen molar-refractivity contribution in [3.05, 3.63) is 28.2 Å². The molecule has 0 saturated carbocycles. The van der Waals surface area contributed by atoms with Crippen molar-refractivity contribution in [2.24, 2.45) is 0 Å². The number of carboxylic acid groups (broad SMARTS) is 1. The molecule has 0 unspecified atom stereocenters. The second-order valence-corrected chi connectivity index (χ2v) is 6.91. The number of aryl methyl sites for hydroxylation is 1. The van der Waals surface area contributed by atoms with Crippen LogP contribution in [0.15, 0.2) is 17.1 Å². The predicted octanol–water partition coefficient (Wildman–Crippen LogP) is 0.972. The van der Waals surface area contributed by atoms with Gasteiger partial charge in [-0.3, -0.25) is 9.59 Å². The number of aromatic nitrogens is 2. The van der Waals surface area contributed by atoms with E-state index in [2.05, 4.69) is 5.10 Å². The number of aliphatic carboxylic acids is 1. The minimum Gasteiger partial charge on any atom is -0.481 e. The zero-order valence-corrected chi connectivity index (χ0v) is 13.7. The molecule has 1 aliphatic rings. The van der Waals surface area contributed by atoms with Crippen LogP contribution < -0.4 is 5.56 Å². The molecule has 1 aromatic rings. The number of carboxylic acids is 1. The van der Waals surface area contributed by atoms with Crippen LogP contribution in [0.25, 0.3) is 0 Å². The third kappa shape index (κ3) is 3.69. The van der Waals surface area contributed by atoms with Crippen molar-refractivity contribution < 1.29 is 19.4 Å². The monoisotopic (exact) mass is 323 g/mol. The number of nitrogens with zero attached hydrogens (tertiary/aromatic N) is 3. The fraction of sp³-hybridized carbons (Fsp3) is 0.600. The summed E-state index contributed by atoms with van der Waals surface area (Å²) in [7, 11) is 0. The molecule has 23 heavy (non-hydrogen) atoms. The highest BCUT2D eigenvalue weighted by Gasteiger charge is 2.50. The molecule has 1 aliphatic heterocycles. The average Bonchev–Trinajstić information content (AvgIpc) is 2.30. The summed E-state index contributed by atoms with van der Waals surface area (Å²) >= 11 is 0. The fourth-order valence-electron chi connectivity index (χ4n) is 2.58. The van der Waals surface area contributed by atoms with Crippen molar-refractivity contribution in [1.82, 2.24) is 14.7 Å². The summed E-state index contributed by atoms with van der Waals surface area (Å²) in [5.41, 5.74) is -1.36. The SMILES string of the molecule is Cc1cnn(C2(CC(=O)O)CN(C(=O)OC(C)(C)C)C2)c(=O)c1. The first-order valence-electron chi connectivity index (χ1n) is 7.29. The maximum atomic E-state index is 12.1. The quantitative estimate of drug-likeness (QED) is 0.889. The zero-order valence-electron chi connectivity index (χ0n) is 13.7. The lowest BCUT2D eigenvalue weighted by molar-refractivity contribution is -0.143. The highest BCUT2D eigenvalue weighted by Crippen LogP contribution is 2.32. The Hall–Kier alpha value is -2.38. The molecule has 126 valence electrons. The average molecular weight is 323 g/mol. The van der Waals surface area contributed by atoms with Gasteiger partial charge in [0, 0.05) is 6.07 Å². The molecule has 0 aliphatic carbocycles. The van der Waals surface area contributed by atoms with E-state index in [1.807, 2.05) is 0 Å². The molecule has 1 N–H and O–H groups in total. The Morgan fingerprint density at radius 2 is 2.00 bits per heavy atom. The normalized spacial score (nSPS) is 16.6. The Bertz CT molecular complexity index is 683. The number of hydrogen-bond acceptors (Lipinski definition) is 5. The molecule has 1 saturated heterocycles. The predicted molar refractivity (Wildman–Crippen MR) is 81.3 cm³/mol. The van der Waals surface area contributed by atoms with Crippen LogP contribution in [0.2, 0.25) is 0 Å². The standard InChI is InChI=1S/C15H21N3O5/c1-10-5-11(19)18(16-7-10)15(6-12(20)21)8-17(9-15)13(22)23-14(2,3)4/h5,7H,6,8-9H2,1-4H3,(H,20,21). The molecule has 0 spiro atoms. The summed E-state index contributed by atoms with van der Waals surface area (Å²) in [6, 6.07) is 1.40. The lowest BCUT2D eigenvalue weighted by Gasteiger charge is -2.48. The van der Waals surface area contributed by atoms with Gasteiger partial charge in [-0.15, -0.1) is 0 Å². The van der Waals surface area contributed by atoms with Gasteiger partial charge in [0.05, 0.1) is 25.7 Å². The summed E-state index contributed by atoms with van der Waals surface area (Å²) in [5.74, 6) is -1.05. The summed E-state index contributed by atoms with van der Waals surface area (Å²) < 4.78 is 6.42. The number of likely N-dealkylation sites (tertiary alicyclic amines) is 1. The topological polar surface area (TPSA) is 102 Å². The van der Waals surface area contributed by atoms with E-state index in [4.69, 9.17) is 9.84 Å². The number of carbonyl (C=O) groups excluding carboxylic acids is 1. The number of carbonyl (C=O) groups is 2. The van der Waals surface area contributed by atoms with E-state index in [0.717, 1.165) is 4.68 Å². The second-order valence-electron chi connectivity index (χ2n) is 6.91. The van der Waals surface area contributed by atoms with E-state index in [-0.39, 0.29) is 25.1 Å². The highest BCUT2D eigenvalue weighted by molar-refractivity contribution is 5.72. The third-order valence-electron chi connectivity index (χ3n) is 3.49. The third-order valence-corrected chi connectivity index (χ3v) is 3.49. The minimum absolute atomic E-state index is 0.0736. The summed E-state index contributed by atoms with van der Waals surface area (Å²) in [6.45, 7) is 7.13. The van der Waals surface area contributed by atoms with Crippen LogP contribution in [0.4, 0.5) is 4.79 Å². The zero-order chi connectivity index (χ0) is 17.4. The van der Waals surface area contributed by atoms with Crippen LogP contribution in [0.3, 0.4) is 0 Å². The van der Waals surface area contributed by atoms with Gasteiger partial charge < -0.3 is 14.7 Å². The van der Waals surface area contributed by atoms with Gasteiger partial charge >= 0.3 is 12.1 Å². The Balaban J connectivity index is 2.23. The van der Waals surface area contributed by atoms with Gasteiger partial charge in [-0.2, -0.15) is 5.10 Å². The first kappa shape index (κ1) is 17.0. The van der Waals surface area contributed by atoms with E-state index in [0.29, 0.717) is 5.56 Å². The van der Waals surface area contributed by atoms with Crippen molar-refractivity contribution in [3.8, 4) is 0 Å². The molecule has 1 aromatic heterocycles. The van der Waals surface area contributed by atoms with Crippen LogP contribution in [0.1, 0.15) is 32.8 Å². The Morgan fingerprint density at radius 3 is 2.48 bits per heavy atom. The molecular weight excluding hydrogens is 302 g/mol. The molecule has 0 radical (unpaired) electrons. The molecule has 1 amide bonds. The Kier molecular flexibility index (Phi) is 4.19. The van der Waals surface area contributed by atoms with Crippen molar-refractivity contribution >= 4 is 12.1 Å². The number of amides is 1. The smallest absolute Gasteiger partial charge is 0.410 e. The number of ether oxygens (including phenoxy) is 1. The van der Waals surface area contributed by atoms with Gasteiger partial charge in [0.25, 0.3) is 5.56 Å². The molecule has 8 nitrogen and oxygen atoms in total. The van der Waals surface area contributed by atoms with E-state index in [1.54, 1.807) is 27.7 Å². The highest BCUT2D eigenvalue weighted by atomic mass is 16.6. The van der Waals surface area contributed by atoms with Crippen LogP contribution in [-0.2, 0) is 15.1 Å². The second kappa shape index (κ2) is 5.68. The molecule has 1 fully saturated rings. The molecule has 0 aromatic carbocycles. The maximum absolute atomic E-state index is 12.1. The van der Waals surface area contributed by atoms with E-state index >= 15 is 0 Å². The van der Waals surface area contributed by atoms with Crippen molar-refractivity contribution in [3.63, 3.8) is 0 Å². The number of rotatable bonds is 3. The summed E-state index contributed by atoms with van der Waals surface area (Å²) in [5, 5.41) is 13.2. The van der Waals surface area contributed by atoms with Crippen molar-refractivity contribution in [1.29, 1.82) is 0 Å². The molecule has 2 rings (SSSR count). The van der Waals surface area contributed by atoms with Gasteiger partial charge in [0.2, 0.25) is 0 Å². The van der Waals surface area contributed by atoms with E-state index in [9.17, 15) is 14.4 Å².